The van der Waals surface area contributed by atoms with E-state index >= 15 is 0 Å². The number of carbonyl (C=O) groups excluding carboxylic acids is 1. The van der Waals surface area contributed by atoms with E-state index in [4.69, 9.17) is 19.7 Å². The van der Waals surface area contributed by atoms with Gasteiger partial charge in [0.25, 0.3) is 5.91 Å². The molecular formula is C32H22BrN7O7S. The van der Waals surface area contributed by atoms with Crippen LogP contribution in [0.5, 0.6) is 5.75 Å². The smallest absolute Gasteiger partial charge is 0.397 e. The summed E-state index contributed by atoms with van der Waals surface area (Å²) in [5.74, 6) is -0.836. The Morgan fingerprint density at radius 2 is 1.85 bits per heavy atom. The Kier molecular flexibility index (Phi) is 8.55. The number of fused-ring (bicyclic) bond motifs is 2. The van der Waals surface area contributed by atoms with Gasteiger partial charge in [-0.3, -0.25) is 14.3 Å². The number of nitriles is 1. The summed E-state index contributed by atoms with van der Waals surface area (Å²) in [4.78, 5) is 26.9. The predicted molar refractivity (Wildman–Crippen MR) is 179 cm³/mol. The highest BCUT2D eigenvalue weighted by Crippen LogP contribution is 2.32. The van der Waals surface area contributed by atoms with Crippen molar-refractivity contribution < 1.29 is 26.4 Å². The molecule has 240 valence electrons. The molecule has 4 aromatic carbocycles. The number of anilines is 2. The number of aryl methyl sites for hydroxylation is 1. The molecular weight excluding hydrogens is 706 g/mol. The Hall–Kier alpha value is -6.18. The Morgan fingerprint density at radius 1 is 1.06 bits per heavy atom. The van der Waals surface area contributed by atoms with Crippen molar-refractivity contribution in [2.75, 3.05) is 11.1 Å². The molecule has 0 aliphatic rings. The average Bonchev–Trinajstić information content (AvgIpc) is 3.82. The summed E-state index contributed by atoms with van der Waals surface area (Å²) in [5.41, 5.74) is 9.31. The SMILES string of the molecule is Cn1c(C(=O)Nc2ccc(C#N)cc2-c2noc(=O)[nH]2)cc2c(Br)ccc(N)c21.O=S(=O)(Oc1ccc2conc2c1)c1ccccc1. The number of nitrogens with one attached hydrogen (secondary N) is 2. The van der Waals surface area contributed by atoms with Crippen molar-refractivity contribution in [1.29, 1.82) is 5.26 Å². The highest BCUT2D eigenvalue weighted by Gasteiger charge is 2.20. The monoisotopic (exact) mass is 727 g/mol. The first-order valence-corrected chi connectivity index (χ1v) is 16.0. The van der Waals surface area contributed by atoms with Crippen LogP contribution in [0.15, 0.2) is 114 Å². The van der Waals surface area contributed by atoms with E-state index in [1.165, 1.54) is 30.5 Å². The fourth-order valence-corrected chi connectivity index (χ4v) is 6.17. The molecule has 1 amide bonds. The molecule has 14 nitrogen and oxygen atoms in total. The lowest BCUT2D eigenvalue weighted by Gasteiger charge is -2.10. The number of nitrogen functional groups attached to an aromatic ring is 1. The van der Waals surface area contributed by atoms with Crippen LogP contribution >= 0.6 is 15.9 Å². The van der Waals surface area contributed by atoms with Crippen LogP contribution in [0.1, 0.15) is 16.1 Å². The van der Waals surface area contributed by atoms with Crippen LogP contribution in [0.4, 0.5) is 11.4 Å². The molecule has 7 aromatic rings. The van der Waals surface area contributed by atoms with Gasteiger partial charge < -0.3 is 24.3 Å². The lowest BCUT2D eigenvalue weighted by atomic mass is 10.1. The molecule has 0 unspecified atom stereocenters. The quantitative estimate of drug-likeness (QED) is 0.142. The molecule has 0 radical (unpaired) electrons. The maximum atomic E-state index is 13.0. The van der Waals surface area contributed by atoms with Gasteiger partial charge in [-0.05, 0) is 60.7 Å². The number of H-pyrrole nitrogens is 1. The van der Waals surface area contributed by atoms with E-state index in [1.807, 2.05) is 12.1 Å². The Labute approximate surface area is 279 Å². The number of nitrogens with two attached hydrogens (primary N) is 1. The van der Waals surface area contributed by atoms with Gasteiger partial charge in [-0.1, -0.05) is 44.4 Å². The molecule has 3 aromatic heterocycles. The normalized spacial score (nSPS) is 11.1. The molecule has 0 bridgehead atoms. The Morgan fingerprint density at radius 3 is 2.56 bits per heavy atom. The molecule has 0 aliphatic carbocycles. The fourth-order valence-electron chi connectivity index (χ4n) is 4.79. The summed E-state index contributed by atoms with van der Waals surface area (Å²) >= 11 is 3.47. The van der Waals surface area contributed by atoms with Crippen LogP contribution in [0, 0.1) is 11.3 Å². The molecule has 0 fully saturated rings. The average molecular weight is 729 g/mol. The second-order valence-electron chi connectivity index (χ2n) is 10.1. The van der Waals surface area contributed by atoms with E-state index in [9.17, 15) is 18.0 Å². The van der Waals surface area contributed by atoms with Gasteiger partial charge in [-0.2, -0.15) is 13.7 Å². The van der Waals surface area contributed by atoms with Crippen molar-refractivity contribution in [3.05, 3.63) is 117 Å². The number of rotatable bonds is 6. The second kappa shape index (κ2) is 12.9. The van der Waals surface area contributed by atoms with Gasteiger partial charge in [0.15, 0.2) is 5.82 Å². The first kappa shape index (κ1) is 31.8. The molecule has 0 saturated heterocycles. The van der Waals surface area contributed by atoms with E-state index in [0.29, 0.717) is 33.7 Å². The first-order valence-electron chi connectivity index (χ1n) is 13.8. The highest BCUT2D eigenvalue weighted by molar-refractivity contribution is 9.10. The van der Waals surface area contributed by atoms with E-state index < -0.39 is 21.8 Å². The summed E-state index contributed by atoms with van der Waals surface area (Å²) in [7, 11) is -2.08. The highest BCUT2D eigenvalue weighted by atomic mass is 79.9. The third kappa shape index (κ3) is 6.40. The third-order valence-electron chi connectivity index (χ3n) is 7.07. The largest absolute Gasteiger partial charge is 0.439 e. The lowest BCUT2D eigenvalue weighted by Crippen LogP contribution is -2.16. The summed E-state index contributed by atoms with van der Waals surface area (Å²) in [6.07, 6.45) is 1.48. The number of hydrogen-bond donors (Lipinski definition) is 3. The van der Waals surface area contributed by atoms with E-state index in [1.54, 1.807) is 66.2 Å². The number of nitrogens with zero attached hydrogens (tertiary/aromatic N) is 4. The van der Waals surface area contributed by atoms with Gasteiger partial charge in [-0.25, -0.2) is 4.79 Å². The predicted octanol–water partition coefficient (Wildman–Crippen LogP) is 5.59. The number of halogens is 1. The second-order valence-corrected chi connectivity index (χ2v) is 12.5. The fraction of sp³-hybridized carbons (Fsp3) is 0.0312. The molecule has 48 heavy (non-hydrogen) atoms. The van der Waals surface area contributed by atoms with Gasteiger partial charge in [0.1, 0.15) is 28.1 Å². The Balaban J connectivity index is 0.000000182. The topological polar surface area (TPSA) is 212 Å². The van der Waals surface area contributed by atoms with Crippen molar-refractivity contribution in [3.8, 4) is 23.2 Å². The number of amides is 1. The number of carbonyl (C=O) groups is 1. The van der Waals surface area contributed by atoms with Crippen LogP contribution in [0.25, 0.3) is 33.2 Å². The summed E-state index contributed by atoms with van der Waals surface area (Å²) in [5, 5.41) is 20.9. The van der Waals surface area contributed by atoms with Crippen LogP contribution in [0.2, 0.25) is 0 Å². The molecule has 0 spiro atoms. The first-order chi connectivity index (χ1) is 23.0. The minimum atomic E-state index is -3.82. The van der Waals surface area contributed by atoms with E-state index in [0.717, 1.165) is 20.8 Å². The summed E-state index contributed by atoms with van der Waals surface area (Å²) < 4.78 is 40.9. The summed E-state index contributed by atoms with van der Waals surface area (Å²) in [6, 6.07) is 24.6. The standard InChI is InChI=1S/C19H13BrN6O3.C13H9NO4S/c1-26-15(7-10-12(20)3-4-13(22)16(10)26)18(27)23-14-5-2-9(8-21)6-11(14)17-24-19(28)29-25-17;15-19(16,12-4-2-1-3-5-12)18-11-7-6-10-9-17-14-13(10)8-11/h2-7H,22H2,1H3,(H,23,27)(H,24,25,28);1-9H. The van der Waals surface area contributed by atoms with Crippen LogP contribution in [-0.4, -0.2) is 34.2 Å². The molecule has 4 N–H and O–H groups in total. The van der Waals surface area contributed by atoms with Gasteiger partial charge in [0, 0.05) is 33.9 Å². The molecule has 16 heteroatoms. The van der Waals surface area contributed by atoms with Crippen LogP contribution in [0.3, 0.4) is 0 Å². The molecule has 0 aliphatic heterocycles. The van der Waals surface area contributed by atoms with Crippen molar-refractivity contribution in [3.63, 3.8) is 0 Å². The minimum absolute atomic E-state index is 0.103. The number of aromatic amines is 1. The third-order valence-corrected chi connectivity index (χ3v) is 9.02. The molecule has 0 atom stereocenters. The van der Waals surface area contributed by atoms with Crippen LogP contribution < -0.4 is 21.0 Å². The van der Waals surface area contributed by atoms with Crippen molar-refractivity contribution >= 4 is 65.1 Å². The molecule has 7 rings (SSSR count). The zero-order chi connectivity index (χ0) is 34.0. The number of aromatic nitrogens is 4. The van der Waals surface area contributed by atoms with Crippen LogP contribution in [-0.2, 0) is 17.2 Å². The minimum Gasteiger partial charge on any atom is -0.397 e. The number of hydrogen-bond acceptors (Lipinski definition) is 11. The van der Waals surface area contributed by atoms with Gasteiger partial charge >= 0.3 is 15.9 Å². The van der Waals surface area contributed by atoms with Crippen molar-refractivity contribution in [2.45, 2.75) is 4.90 Å². The maximum Gasteiger partial charge on any atom is 0.439 e. The van der Waals surface area contributed by atoms with E-state index in [-0.39, 0.29) is 16.5 Å². The maximum absolute atomic E-state index is 13.0. The molecule has 3 heterocycles. The van der Waals surface area contributed by atoms with Crippen molar-refractivity contribution in [2.24, 2.45) is 7.05 Å². The van der Waals surface area contributed by atoms with E-state index in [2.05, 4.69) is 41.1 Å². The van der Waals surface area contributed by atoms with Gasteiger partial charge in [0.2, 0.25) is 0 Å². The summed E-state index contributed by atoms with van der Waals surface area (Å²) in [6.45, 7) is 0. The van der Waals surface area contributed by atoms with Crippen molar-refractivity contribution in [1.82, 2.24) is 19.9 Å². The number of benzene rings is 4. The Bertz CT molecular complexity index is 2530. The zero-order valence-corrected chi connectivity index (χ0v) is 27.1. The molecule has 0 saturated carbocycles. The van der Waals surface area contributed by atoms with Gasteiger partial charge in [-0.15, -0.1) is 0 Å². The van der Waals surface area contributed by atoms with Gasteiger partial charge in [0.05, 0.1) is 28.5 Å². The lowest BCUT2D eigenvalue weighted by molar-refractivity contribution is 0.101. The zero-order valence-electron chi connectivity index (χ0n) is 24.7.